The third-order valence-corrected chi connectivity index (χ3v) is 4.83. The summed E-state index contributed by atoms with van der Waals surface area (Å²) in [5.41, 5.74) is 3.44. The van der Waals surface area contributed by atoms with Crippen LogP contribution in [0.15, 0.2) is 29.6 Å². The predicted molar refractivity (Wildman–Crippen MR) is 84.3 cm³/mol. The molecule has 1 aliphatic rings. The van der Waals surface area contributed by atoms with E-state index in [9.17, 15) is 0 Å². The Kier molecular flexibility index (Phi) is 4.03. The minimum absolute atomic E-state index is 0.449. The van der Waals surface area contributed by atoms with Crippen molar-refractivity contribution in [3.63, 3.8) is 0 Å². The monoisotopic (exact) mass is 288 g/mol. The van der Waals surface area contributed by atoms with Crippen molar-refractivity contribution in [2.24, 2.45) is 5.92 Å². The van der Waals surface area contributed by atoms with E-state index in [4.69, 9.17) is 4.74 Å². The Morgan fingerprint density at radius 2 is 2.15 bits per heavy atom. The van der Waals surface area contributed by atoms with Gasteiger partial charge in [-0.15, -0.1) is 11.3 Å². The minimum Gasteiger partial charge on any atom is -0.382 e. The molecule has 1 fully saturated rings. The van der Waals surface area contributed by atoms with Crippen LogP contribution < -0.4 is 5.32 Å². The van der Waals surface area contributed by atoms with E-state index in [1.807, 2.05) is 6.92 Å². The molecular weight excluding hydrogens is 268 g/mol. The van der Waals surface area contributed by atoms with Crippen LogP contribution in [0.3, 0.4) is 0 Å². The summed E-state index contributed by atoms with van der Waals surface area (Å²) >= 11 is 1.69. The third-order valence-electron chi connectivity index (χ3n) is 3.82. The van der Waals surface area contributed by atoms with E-state index < -0.39 is 0 Å². The Hall–Kier alpha value is -1.39. The first-order valence-electron chi connectivity index (χ1n) is 7.09. The summed E-state index contributed by atoms with van der Waals surface area (Å²) in [7, 11) is 0. The molecule has 1 aromatic carbocycles. The molecule has 0 radical (unpaired) electrons. The van der Waals surface area contributed by atoms with Gasteiger partial charge < -0.3 is 10.1 Å². The molecule has 0 bridgehead atoms. The number of anilines is 1. The predicted octanol–water partition coefficient (Wildman–Crippen LogP) is 3.96. The zero-order valence-electron chi connectivity index (χ0n) is 11.9. The zero-order valence-corrected chi connectivity index (χ0v) is 12.7. The summed E-state index contributed by atoms with van der Waals surface area (Å²) in [6.45, 7) is 6.04. The van der Waals surface area contributed by atoms with E-state index in [-0.39, 0.29) is 0 Å². The lowest BCUT2D eigenvalue weighted by molar-refractivity contribution is 0.183. The second-order valence-electron chi connectivity index (χ2n) is 5.43. The summed E-state index contributed by atoms with van der Waals surface area (Å²) in [4.78, 5) is 4.52. The maximum Gasteiger partial charge on any atom is 0.123 e. The van der Waals surface area contributed by atoms with Crippen molar-refractivity contribution in [1.29, 1.82) is 0 Å². The van der Waals surface area contributed by atoms with Gasteiger partial charge in [-0.25, -0.2) is 4.98 Å². The molecule has 2 aromatic rings. The summed E-state index contributed by atoms with van der Waals surface area (Å²) in [5.74, 6) is 0.622. The fraction of sp³-hybridized carbons (Fsp3) is 0.438. The summed E-state index contributed by atoms with van der Waals surface area (Å²) in [6, 6.07) is 9.00. The van der Waals surface area contributed by atoms with Crippen molar-refractivity contribution < 1.29 is 4.74 Å². The summed E-state index contributed by atoms with van der Waals surface area (Å²) in [6.07, 6.45) is 1.16. The number of rotatable bonds is 4. The Balaban J connectivity index is 1.66. The van der Waals surface area contributed by atoms with E-state index in [0.717, 1.165) is 30.3 Å². The molecule has 106 valence electrons. The Labute approximate surface area is 124 Å². The van der Waals surface area contributed by atoms with Crippen molar-refractivity contribution in [2.45, 2.75) is 26.3 Å². The first-order valence-corrected chi connectivity index (χ1v) is 7.97. The lowest BCUT2D eigenvalue weighted by Crippen LogP contribution is -2.25. The van der Waals surface area contributed by atoms with Crippen LogP contribution in [0.1, 0.15) is 19.0 Å². The number of hydrogen-bond acceptors (Lipinski definition) is 4. The van der Waals surface area contributed by atoms with E-state index in [1.54, 1.807) is 11.3 Å². The maximum atomic E-state index is 5.45. The fourth-order valence-corrected chi connectivity index (χ4v) is 3.33. The van der Waals surface area contributed by atoms with Gasteiger partial charge in [-0.1, -0.05) is 0 Å². The molecule has 0 unspecified atom stereocenters. The van der Waals surface area contributed by atoms with E-state index in [0.29, 0.717) is 12.0 Å². The van der Waals surface area contributed by atoms with E-state index >= 15 is 0 Å². The molecule has 2 atom stereocenters. The van der Waals surface area contributed by atoms with Crippen LogP contribution in [-0.2, 0) is 4.74 Å². The standard InChI is InChI=1S/C16H20N2OS/c1-11-10-20-16(17-11)13-3-5-15(6-4-13)18-12(2)14-7-8-19-9-14/h3-6,10,12,14,18H,7-9H2,1-2H3/t12-,14+/m1/s1. The number of hydrogen-bond donors (Lipinski definition) is 1. The number of nitrogens with one attached hydrogen (secondary N) is 1. The lowest BCUT2D eigenvalue weighted by Gasteiger charge is -2.20. The summed E-state index contributed by atoms with van der Waals surface area (Å²) in [5, 5.41) is 6.75. The quantitative estimate of drug-likeness (QED) is 0.925. The average Bonchev–Trinajstić information content (AvgIpc) is 3.10. The Bertz CT molecular complexity index is 558. The van der Waals surface area contributed by atoms with Gasteiger partial charge in [0.05, 0.1) is 6.61 Å². The van der Waals surface area contributed by atoms with Crippen LogP contribution in [-0.4, -0.2) is 24.2 Å². The van der Waals surface area contributed by atoms with Gasteiger partial charge in [0.25, 0.3) is 0 Å². The number of benzene rings is 1. The van der Waals surface area contributed by atoms with Crippen molar-refractivity contribution in [3.8, 4) is 10.6 Å². The number of ether oxygens (including phenoxy) is 1. The highest BCUT2D eigenvalue weighted by Crippen LogP contribution is 2.26. The molecule has 1 aliphatic heterocycles. The van der Waals surface area contributed by atoms with Gasteiger partial charge in [0, 0.05) is 40.9 Å². The van der Waals surface area contributed by atoms with Gasteiger partial charge in [-0.2, -0.15) is 0 Å². The number of aryl methyl sites for hydroxylation is 1. The van der Waals surface area contributed by atoms with Crippen LogP contribution in [0.4, 0.5) is 5.69 Å². The Morgan fingerprint density at radius 3 is 2.75 bits per heavy atom. The van der Waals surface area contributed by atoms with E-state index in [1.165, 1.54) is 11.3 Å². The van der Waals surface area contributed by atoms with Gasteiger partial charge in [0.2, 0.25) is 0 Å². The maximum absolute atomic E-state index is 5.45. The molecule has 0 amide bonds. The molecule has 4 heteroatoms. The second-order valence-corrected chi connectivity index (χ2v) is 6.29. The number of aromatic nitrogens is 1. The van der Waals surface area contributed by atoms with Crippen LogP contribution >= 0.6 is 11.3 Å². The molecule has 0 spiro atoms. The second kappa shape index (κ2) is 5.94. The van der Waals surface area contributed by atoms with Gasteiger partial charge >= 0.3 is 0 Å². The van der Waals surface area contributed by atoms with Gasteiger partial charge in [0.15, 0.2) is 0 Å². The van der Waals surface area contributed by atoms with Crippen molar-refractivity contribution in [2.75, 3.05) is 18.5 Å². The molecule has 3 nitrogen and oxygen atoms in total. The SMILES string of the molecule is Cc1csc(-c2ccc(N[C@H](C)[C@H]3CCOC3)cc2)n1. The van der Waals surface area contributed by atoms with Crippen LogP contribution in [0, 0.1) is 12.8 Å². The average molecular weight is 288 g/mol. The van der Waals surface area contributed by atoms with Gasteiger partial charge in [-0.05, 0) is 44.5 Å². The highest BCUT2D eigenvalue weighted by atomic mass is 32.1. The molecule has 1 aromatic heterocycles. The van der Waals surface area contributed by atoms with Crippen LogP contribution in [0.2, 0.25) is 0 Å². The molecule has 2 heterocycles. The minimum atomic E-state index is 0.449. The molecule has 0 aliphatic carbocycles. The first-order chi connectivity index (χ1) is 9.72. The van der Waals surface area contributed by atoms with E-state index in [2.05, 4.69) is 46.9 Å². The normalized spacial score (nSPS) is 20.0. The first kappa shape index (κ1) is 13.6. The molecular formula is C16H20N2OS. The molecule has 1 saturated heterocycles. The smallest absolute Gasteiger partial charge is 0.123 e. The van der Waals surface area contributed by atoms with Crippen molar-refractivity contribution >= 4 is 17.0 Å². The lowest BCUT2D eigenvalue weighted by atomic mass is 10.0. The van der Waals surface area contributed by atoms with Crippen LogP contribution in [0.5, 0.6) is 0 Å². The highest BCUT2D eigenvalue weighted by molar-refractivity contribution is 7.13. The molecule has 1 N–H and O–H groups in total. The highest BCUT2D eigenvalue weighted by Gasteiger charge is 2.21. The Morgan fingerprint density at radius 1 is 1.35 bits per heavy atom. The number of thiazole rings is 1. The largest absolute Gasteiger partial charge is 0.382 e. The van der Waals surface area contributed by atoms with Crippen molar-refractivity contribution in [1.82, 2.24) is 4.98 Å². The molecule has 20 heavy (non-hydrogen) atoms. The number of nitrogens with zero attached hydrogens (tertiary/aromatic N) is 1. The van der Waals surface area contributed by atoms with Gasteiger partial charge in [-0.3, -0.25) is 0 Å². The van der Waals surface area contributed by atoms with Crippen molar-refractivity contribution in [3.05, 3.63) is 35.3 Å². The molecule has 0 saturated carbocycles. The third kappa shape index (κ3) is 3.02. The fourth-order valence-electron chi connectivity index (χ4n) is 2.52. The van der Waals surface area contributed by atoms with Crippen LogP contribution in [0.25, 0.3) is 10.6 Å². The summed E-state index contributed by atoms with van der Waals surface area (Å²) < 4.78 is 5.45. The molecule has 3 rings (SSSR count). The topological polar surface area (TPSA) is 34.1 Å². The zero-order chi connectivity index (χ0) is 13.9. The van der Waals surface area contributed by atoms with Gasteiger partial charge in [0.1, 0.15) is 5.01 Å².